The van der Waals surface area contributed by atoms with Crippen LogP contribution in [0, 0.1) is 6.92 Å². The van der Waals surface area contributed by atoms with Gasteiger partial charge in [-0.1, -0.05) is 17.7 Å². The van der Waals surface area contributed by atoms with Gasteiger partial charge in [-0.25, -0.2) is 0 Å². The van der Waals surface area contributed by atoms with Gasteiger partial charge in [-0.3, -0.25) is 4.79 Å². The summed E-state index contributed by atoms with van der Waals surface area (Å²) >= 11 is 0. The number of ether oxygens (including phenoxy) is 2. The van der Waals surface area contributed by atoms with Gasteiger partial charge in [0, 0.05) is 37.0 Å². The van der Waals surface area contributed by atoms with Gasteiger partial charge < -0.3 is 19.7 Å². The lowest BCUT2D eigenvalue weighted by atomic mass is 9.99. The van der Waals surface area contributed by atoms with E-state index in [1.165, 1.54) is 16.8 Å². The van der Waals surface area contributed by atoms with Crippen molar-refractivity contribution in [2.45, 2.75) is 26.2 Å². The van der Waals surface area contributed by atoms with E-state index in [0.717, 1.165) is 37.4 Å². The van der Waals surface area contributed by atoms with Gasteiger partial charge in [0.05, 0.1) is 0 Å². The highest BCUT2D eigenvalue weighted by Gasteiger charge is 2.18. The van der Waals surface area contributed by atoms with E-state index in [1.54, 1.807) is 0 Å². The molecule has 2 aliphatic rings. The van der Waals surface area contributed by atoms with Crippen molar-refractivity contribution < 1.29 is 14.3 Å². The molecule has 4 rings (SSSR count). The minimum atomic E-state index is 0.0147. The molecule has 0 spiro atoms. The Hall–Kier alpha value is -2.69. The van der Waals surface area contributed by atoms with E-state index in [0.29, 0.717) is 25.4 Å². The first-order valence-corrected chi connectivity index (χ1v) is 9.23. The van der Waals surface area contributed by atoms with E-state index in [4.69, 9.17) is 9.47 Å². The number of nitrogens with one attached hydrogen (secondary N) is 1. The zero-order valence-electron chi connectivity index (χ0n) is 15.1. The Morgan fingerprint density at radius 1 is 1.12 bits per heavy atom. The van der Waals surface area contributed by atoms with E-state index in [2.05, 4.69) is 35.3 Å². The van der Waals surface area contributed by atoms with Crippen molar-refractivity contribution in [2.75, 3.05) is 36.5 Å². The maximum absolute atomic E-state index is 12.4. The third-order valence-electron chi connectivity index (χ3n) is 4.88. The van der Waals surface area contributed by atoms with Crippen LogP contribution in [0.5, 0.6) is 11.5 Å². The van der Waals surface area contributed by atoms with Gasteiger partial charge in [-0.15, -0.1) is 0 Å². The lowest BCUT2D eigenvalue weighted by Crippen LogP contribution is -2.32. The van der Waals surface area contributed by atoms with E-state index in [9.17, 15) is 4.79 Å². The molecule has 1 N–H and O–H groups in total. The smallest absolute Gasteiger partial charge is 0.226 e. The molecule has 2 aromatic carbocycles. The average molecular weight is 352 g/mol. The van der Waals surface area contributed by atoms with Crippen LogP contribution in [0.25, 0.3) is 0 Å². The van der Waals surface area contributed by atoms with Crippen molar-refractivity contribution >= 4 is 17.3 Å². The zero-order valence-corrected chi connectivity index (χ0v) is 15.1. The highest BCUT2D eigenvalue weighted by molar-refractivity contribution is 5.91. The Bertz CT molecular complexity index is 819. The van der Waals surface area contributed by atoms with Crippen molar-refractivity contribution in [1.29, 1.82) is 0 Å². The average Bonchev–Trinajstić information content (AvgIpc) is 2.66. The minimum Gasteiger partial charge on any atom is -0.486 e. The number of hydrogen-bond donors (Lipinski definition) is 1. The lowest BCUT2D eigenvalue weighted by Gasteiger charge is -2.31. The molecule has 136 valence electrons. The lowest BCUT2D eigenvalue weighted by molar-refractivity contribution is -0.116. The van der Waals surface area contributed by atoms with E-state index in [-0.39, 0.29) is 5.91 Å². The molecule has 2 aliphatic heterocycles. The minimum absolute atomic E-state index is 0.0147. The van der Waals surface area contributed by atoms with Crippen LogP contribution in [0.15, 0.2) is 36.4 Å². The highest BCUT2D eigenvalue weighted by Crippen LogP contribution is 2.32. The van der Waals surface area contributed by atoms with Crippen molar-refractivity contribution in [2.24, 2.45) is 0 Å². The molecule has 5 heteroatoms. The summed E-state index contributed by atoms with van der Waals surface area (Å²) in [6, 6.07) is 12.1. The van der Waals surface area contributed by atoms with Crippen LogP contribution in [0.3, 0.4) is 0 Å². The molecule has 1 amide bonds. The number of aryl methyl sites for hydroxylation is 2. The third kappa shape index (κ3) is 3.62. The predicted molar refractivity (Wildman–Crippen MR) is 102 cm³/mol. The van der Waals surface area contributed by atoms with Gasteiger partial charge in [0.25, 0.3) is 0 Å². The fourth-order valence-electron chi connectivity index (χ4n) is 3.62. The maximum atomic E-state index is 12.4. The molecule has 0 fully saturated rings. The Morgan fingerprint density at radius 3 is 2.85 bits per heavy atom. The summed E-state index contributed by atoms with van der Waals surface area (Å²) in [4.78, 5) is 14.7. The summed E-state index contributed by atoms with van der Waals surface area (Å²) in [5.74, 6) is 1.43. The standard InChI is InChI=1S/C21H24N2O3/c1-15-4-6-18-16(13-15)3-2-9-23(18)10-8-21(24)22-17-5-7-19-20(14-17)26-12-11-25-19/h4-7,13-14H,2-3,8-12H2,1H3,(H,22,24). The normalized spacial score (nSPS) is 15.3. The van der Waals surface area contributed by atoms with E-state index >= 15 is 0 Å². The van der Waals surface area contributed by atoms with Crippen molar-refractivity contribution in [1.82, 2.24) is 0 Å². The molecular formula is C21H24N2O3. The Labute approximate surface area is 153 Å². The number of nitrogens with zero attached hydrogens (tertiary/aromatic N) is 1. The number of benzene rings is 2. The predicted octanol–water partition coefficient (Wildman–Crippen LogP) is 3.55. The van der Waals surface area contributed by atoms with Crippen LogP contribution in [0.1, 0.15) is 24.0 Å². The first kappa shape index (κ1) is 16.8. The summed E-state index contributed by atoms with van der Waals surface area (Å²) in [5.41, 5.74) is 4.70. The maximum Gasteiger partial charge on any atom is 0.226 e. The first-order valence-electron chi connectivity index (χ1n) is 9.23. The topological polar surface area (TPSA) is 50.8 Å². The fraction of sp³-hybridized carbons (Fsp3) is 0.381. The molecular weight excluding hydrogens is 328 g/mol. The van der Waals surface area contributed by atoms with E-state index < -0.39 is 0 Å². The molecule has 0 aliphatic carbocycles. The fourth-order valence-corrected chi connectivity index (χ4v) is 3.62. The first-order chi connectivity index (χ1) is 12.7. The number of anilines is 2. The molecule has 0 saturated carbocycles. The molecule has 0 saturated heterocycles. The second-order valence-corrected chi connectivity index (χ2v) is 6.88. The quantitative estimate of drug-likeness (QED) is 0.914. The van der Waals surface area contributed by atoms with Crippen molar-refractivity contribution in [3.05, 3.63) is 47.5 Å². The van der Waals surface area contributed by atoms with Crippen LogP contribution in [0.2, 0.25) is 0 Å². The van der Waals surface area contributed by atoms with Gasteiger partial charge >= 0.3 is 0 Å². The highest BCUT2D eigenvalue weighted by atomic mass is 16.6. The molecule has 2 heterocycles. The van der Waals surface area contributed by atoms with Crippen LogP contribution in [0.4, 0.5) is 11.4 Å². The number of hydrogen-bond acceptors (Lipinski definition) is 4. The summed E-state index contributed by atoms with van der Waals surface area (Å²) in [6.45, 7) is 4.97. The monoisotopic (exact) mass is 352 g/mol. The van der Waals surface area contributed by atoms with Crippen molar-refractivity contribution in [3.8, 4) is 11.5 Å². The number of carbonyl (C=O) groups excluding carboxylic acids is 1. The molecule has 0 aromatic heterocycles. The number of fused-ring (bicyclic) bond motifs is 2. The van der Waals surface area contributed by atoms with Gasteiger partial charge in [-0.05, 0) is 43.5 Å². The molecule has 0 bridgehead atoms. The molecule has 2 aromatic rings. The van der Waals surface area contributed by atoms with Gasteiger partial charge in [0.15, 0.2) is 11.5 Å². The molecule has 0 unspecified atom stereocenters. The second-order valence-electron chi connectivity index (χ2n) is 6.88. The Balaban J connectivity index is 1.36. The Morgan fingerprint density at radius 2 is 1.96 bits per heavy atom. The third-order valence-corrected chi connectivity index (χ3v) is 4.88. The van der Waals surface area contributed by atoms with Gasteiger partial charge in [0.2, 0.25) is 5.91 Å². The number of amides is 1. The summed E-state index contributed by atoms with van der Waals surface area (Å²) < 4.78 is 11.1. The van der Waals surface area contributed by atoms with Gasteiger partial charge in [-0.2, -0.15) is 0 Å². The molecule has 0 atom stereocenters. The summed E-state index contributed by atoms with van der Waals surface area (Å²) in [7, 11) is 0. The molecule has 5 nitrogen and oxygen atoms in total. The van der Waals surface area contributed by atoms with Gasteiger partial charge in [0.1, 0.15) is 13.2 Å². The second kappa shape index (κ2) is 7.28. The molecule has 0 radical (unpaired) electrons. The summed E-state index contributed by atoms with van der Waals surface area (Å²) in [5, 5.41) is 2.96. The van der Waals surface area contributed by atoms with E-state index in [1.807, 2.05) is 18.2 Å². The van der Waals surface area contributed by atoms with Crippen LogP contribution in [-0.4, -0.2) is 32.2 Å². The van der Waals surface area contributed by atoms with Crippen molar-refractivity contribution in [3.63, 3.8) is 0 Å². The Kier molecular flexibility index (Phi) is 4.69. The number of carbonyl (C=O) groups is 1. The van der Waals surface area contributed by atoms with Crippen LogP contribution < -0.4 is 19.7 Å². The number of rotatable bonds is 4. The SMILES string of the molecule is Cc1ccc2c(c1)CCCN2CCC(=O)Nc1ccc2c(c1)OCCO2. The molecule has 26 heavy (non-hydrogen) atoms. The van der Waals surface area contributed by atoms with Crippen LogP contribution >= 0.6 is 0 Å². The largest absolute Gasteiger partial charge is 0.486 e. The zero-order chi connectivity index (χ0) is 17.9. The summed E-state index contributed by atoms with van der Waals surface area (Å²) in [6.07, 6.45) is 2.72. The van der Waals surface area contributed by atoms with Crippen LogP contribution in [-0.2, 0) is 11.2 Å².